The molecule has 0 aromatic heterocycles. The fourth-order valence-corrected chi connectivity index (χ4v) is 0. The lowest BCUT2D eigenvalue weighted by Crippen LogP contribution is -1.87. The molecule has 0 saturated heterocycles. The maximum Gasteiger partial charge on any atom is 0.303 e. The summed E-state index contributed by atoms with van der Waals surface area (Å²) < 4.78 is 0. The van der Waals surface area contributed by atoms with Crippen molar-refractivity contribution in [3.05, 3.63) is 0 Å². The van der Waals surface area contributed by atoms with Gasteiger partial charge in [0.15, 0.2) is 0 Å². The summed E-state index contributed by atoms with van der Waals surface area (Å²) in [7, 11) is 0. The molecule has 0 aliphatic carbocycles. The normalized spacial score (nSPS) is 5.50. The molecule has 0 amide bonds. The van der Waals surface area contributed by atoms with Crippen molar-refractivity contribution in [3.63, 3.8) is 0 Å². The topological polar surface area (TPSA) is 127 Å². The van der Waals surface area contributed by atoms with Crippen LogP contribution in [0.3, 0.4) is 0 Å². The van der Waals surface area contributed by atoms with Gasteiger partial charge in [0.25, 0.3) is 0 Å². The lowest BCUT2D eigenvalue weighted by molar-refractivity contribution is -0.137. The Labute approximate surface area is 127 Å². The zero-order chi connectivity index (χ0) is 14.0. The van der Waals surface area contributed by atoms with Gasteiger partial charge in [-0.1, -0.05) is 57.4 Å². The van der Waals surface area contributed by atoms with Crippen LogP contribution < -0.4 is 11.5 Å². The van der Waals surface area contributed by atoms with E-state index in [4.69, 9.17) is 21.7 Å². The molecule has 0 aliphatic heterocycles. The Kier molecular flexibility index (Phi) is 165. The first kappa shape index (κ1) is 51.0. The molecular formula is C14H42N2O4. The number of carboxylic acid groups (broad SMARTS) is 2. The van der Waals surface area contributed by atoms with Crippen LogP contribution in [-0.4, -0.2) is 35.2 Å². The fraction of sp³-hybridized carbons (Fsp3) is 0.857. The van der Waals surface area contributed by atoms with Gasteiger partial charge >= 0.3 is 11.9 Å². The van der Waals surface area contributed by atoms with Crippen LogP contribution in [0.1, 0.15) is 70.2 Å². The Bertz CT molecular complexity index is 127. The van der Waals surface area contributed by atoms with Crippen LogP contribution in [0.15, 0.2) is 0 Å². The molecule has 0 saturated carbocycles. The largest absolute Gasteiger partial charge is 0.481 e. The van der Waals surface area contributed by atoms with Crippen LogP contribution >= 0.6 is 0 Å². The van der Waals surface area contributed by atoms with Gasteiger partial charge in [-0.2, -0.15) is 0 Å². The Morgan fingerprint density at radius 2 is 0.750 bits per heavy atom. The third-order valence-corrected chi connectivity index (χ3v) is 0.605. The minimum absolute atomic E-state index is 0. The molecule has 0 aromatic carbocycles. The fourth-order valence-electron chi connectivity index (χ4n) is 0. The van der Waals surface area contributed by atoms with E-state index in [1.54, 1.807) is 13.8 Å². The van der Waals surface area contributed by atoms with Crippen molar-refractivity contribution >= 4 is 11.9 Å². The van der Waals surface area contributed by atoms with E-state index >= 15 is 0 Å². The zero-order valence-corrected chi connectivity index (χ0v) is 10.7. The summed E-state index contributed by atoms with van der Waals surface area (Å²) in [5.74, 6) is -1.49. The van der Waals surface area contributed by atoms with Crippen molar-refractivity contribution < 1.29 is 19.8 Å². The van der Waals surface area contributed by atoms with E-state index < -0.39 is 11.9 Å². The minimum Gasteiger partial charge on any atom is -0.481 e. The molecule has 0 rings (SSSR count). The average Bonchev–Trinajstić information content (AvgIpc) is 2.21. The van der Waals surface area contributed by atoms with Crippen LogP contribution in [0, 0.1) is 0 Å². The molecule has 0 unspecified atom stereocenters. The Balaban J connectivity index is -0.0000000154. The van der Waals surface area contributed by atoms with Crippen LogP contribution in [0.2, 0.25) is 0 Å². The van der Waals surface area contributed by atoms with E-state index in [-0.39, 0.29) is 42.5 Å². The van der Waals surface area contributed by atoms with Gasteiger partial charge in [-0.3, -0.25) is 9.59 Å². The van der Waals surface area contributed by atoms with Crippen molar-refractivity contribution in [2.24, 2.45) is 11.5 Å². The molecule has 0 radical (unpaired) electrons. The van der Waals surface area contributed by atoms with Crippen LogP contribution in [-0.2, 0) is 9.59 Å². The smallest absolute Gasteiger partial charge is 0.303 e. The minimum atomic E-state index is -0.745. The van der Waals surface area contributed by atoms with Crippen molar-refractivity contribution in [2.75, 3.05) is 13.1 Å². The summed E-state index contributed by atoms with van der Waals surface area (Å²) >= 11 is 0. The number of aliphatic carboxylic acids is 2. The third kappa shape index (κ3) is 518. The second kappa shape index (κ2) is 64.7. The Hall–Kier alpha value is -1.14. The van der Waals surface area contributed by atoms with E-state index in [9.17, 15) is 9.59 Å². The highest BCUT2D eigenvalue weighted by molar-refractivity contribution is 5.66. The molecule has 0 aromatic rings. The van der Waals surface area contributed by atoms with E-state index in [2.05, 4.69) is 0 Å². The SMILES string of the molecule is C.C.C.C.CCC(=O)O.CCC(=O)O.CCN.CCN. The highest BCUT2D eigenvalue weighted by atomic mass is 16.4. The van der Waals surface area contributed by atoms with Gasteiger partial charge in [0.05, 0.1) is 0 Å². The highest BCUT2D eigenvalue weighted by Gasteiger charge is 1.81. The van der Waals surface area contributed by atoms with Gasteiger partial charge in [-0.05, 0) is 13.1 Å². The van der Waals surface area contributed by atoms with Gasteiger partial charge in [-0.25, -0.2) is 0 Å². The van der Waals surface area contributed by atoms with E-state index in [1.165, 1.54) is 0 Å². The zero-order valence-electron chi connectivity index (χ0n) is 10.7. The summed E-state index contributed by atoms with van der Waals surface area (Å²) in [4.78, 5) is 18.7. The molecule has 0 atom stereocenters. The summed E-state index contributed by atoms with van der Waals surface area (Å²) in [5.41, 5.74) is 9.69. The molecule has 0 aliphatic rings. The quantitative estimate of drug-likeness (QED) is 0.619. The van der Waals surface area contributed by atoms with E-state index in [0.29, 0.717) is 0 Å². The molecule has 6 nitrogen and oxygen atoms in total. The lowest BCUT2D eigenvalue weighted by atomic mass is 10.5. The first-order chi connectivity index (χ1) is 7.37. The van der Waals surface area contributed by atoms with Crippen LogP contribution in [0.5, 0.6) is 0 Å². The Morgan fingerprint density at radius 3 is 0.750 bits per heavy atom. The summed E-state index contributed by atoms with van der Waals surface area (Å²) in [6.45, 7) is 8.50. The van der Waals surface area contributed by atoms with Gasteiger partial charge in [0.2, 0.25) is 0 Å². The standard InChI is InChI=1S/2C3H6O2.2C2H7N.4CH4/c2*1-2-3(4)5;2*1-2-3;;;;/h2*2H2,1H3,(H,4,5);2*2-3H2,1H3;4*1H4. The maximum atomic E-state index is 9.37. The predicted molar refractivity (Wildman–Crippen MR) is 92.2 cm³/mol. The molecule has 0 fully saturated rings. The van der Waals surface area contributed by atoms with Gasteiger partial charge in [0.1, 0.15) is 0 Å². The molecule has 132 valence electrons. The number of rotatable bonds is 2. The number of carbonyl (C=O) groups is 2. The van der Waals surface area contributed by atoms with Crippen molar-refractivity contribution in [1.82, 2.24) is 0 Å². The molecule has 0 heterocycles. The lowest BCUT2D eigenvalue weighted by Gasteiger charge is -1.71. The number of hydrogen-bond acceptors (Lipinski definition) is 4. The van der Waals surface area contributed by atoms with E-state index in [0.717, 1.165) is 13.1 Å². The third-order valence-electron chi connectivity index (χ3n) is 0.605. The molecule has 0 bridgehead atoms. The first-order valence-corrected chi connectivity index (χ1v) is 5.21. The Morgan fingerprint density at radius 1 is 0.700 bits per heavy atom. The first-order valence-electron chi connectivity index (χ1n) is 5.21. The number of nitrogens with two attached hydrogens (primary N) is 2. The summed E-state index contributed by atoms with van der Waals surface area (Å²) in [6, 6.07) is 0. The van der Waals surface area contributed by atoms with E-state index in [1.807, 2.05) is 13.8 Å². The van der Waals surface area contributed by atoms with Crippen molar-refractivity contribution in [3.8, 4) is 0 Å². The summed E-state index contributed by atoms with van der Waals surface area (Å²) in [5, 5.41) is 15.4. The molecule has 0 spiro atoms. The molecule has 6 heteroatoms. The number of carboxylic acids is 2. The second-order valence-corrected chi connectivity index (χ2v) is 2.31. The van der Waals surface area contributed by atoms with Crippen molar-refractivity contribution in [2.45, 2.75) is 70.2 Å². The second-order valence-electron chi connectivity index (χ2n) is 2.31. The monoisotopic (exact) mass is 302 g/mol. The van der Waals surface area contributed by atoms with Crippen LogP contribution in [0.25, 0.3) is 0 Å². The number of hydrogen-bond donors (Lipinski definition) is 4. The maximum absolute atomic E-state index is 9.37. The molecule has 6 N–H and O–H groups in total. The predicted octanol–water partition coefficient (Wildman–Crippen LogP) is 3.44. The molecule has 20 heavy (non-hydrogen) atoms. The van der Waals surface area contributed by atoms with Crippen molar-refractivity contribution in [1.29, 1.82) is 0 Å². The molecular weight excluding hydrogens is 260 g/mol. The highest BCUT2D eigenvalue weighted by Crippen LogP contribution is 1.67. The summed E-state index contributed by atoms with van der Waals surface area (Å²) in [6.07, 6.45) is 0.444. The average molecular weight is 303 g/mol. The van der Waals surface area contributed by atoms with Crippen LogP contribution in [0.4, 0.5) is 0 Å². The van der Waals surface area contributed by atoms with Gasteiger partial charge in [-0.15, -0.1) is 0 Å². The van der Waals surface area contributed by atoms with Gasteiger partial charge < -0.3 is 21.7 Å². The van der Waals surface area contributed by atoms with Gasteiger partial charge in [0, 0.05) is 12.8 Å².